The Morgan fingerprint density at radius 3 is 2.37 bits per heavy atom. The third kappa shape index (κ3) is 1.95. The fourth-order valence-electron chi connectivity index (χ4n) is 2.83. The summed E-state index contributed by atoms with van der Waals surface area (Å²) in [5.74, 6) is -1.76. The van der Waals surface area contributed by atoms with Gasteiger partial charge in [0.05, 0.1) is 5.25 Å². The average molecular weight is 283 g/mol. The first-order valence-corrected chi connectivity index (χ1v) is 7.83. The molecular formula is C13H17NO4S. The highest BCUT2D eigenvalue weighted by Crippen LogP contribution is 2.62. The molecule has 0 radical (unpaired) electrons. The topological polar surface area (TPSA) is 97.5 Å². The Morgan fingerprint density at radius 2 is 1.95 bits per heavy atom. The van der Waals surface area contributed by atoms with Gasteiger partial charge in [0.2, 0.25) is 0 Å². The molecule has 3 N–H and O–H groups in total. The average Bonchev–Trinajstić information content (AvgIpc) is 3.11. The van der Waals surface area contributed by atoms with E-state index in [0.29, 0.717) is 0 Å². The van der Waals surface area contributed by atoms with E-state index in [2.05, 4.69) is 0 Å². The molecule has 0 spiro atoms. The predicted octanol–water partition coefficient (Wildman–Crippen LogP) is 0.617. The molecule has 104 valence electrons. The molecule has 19 heavy (non-hydrogen) atoms. The van der Waals surface area contributed by atoms with Gasteiger partial charge in [-0.1, -0.05) is 37.3 Å². The van der Waals surface area contributed by atoms with Crippen molar-refractivity contribution in [1.29, 1.82) is 0 Å². The molecule has 5 nitrogen and oxygen atoms in total. The van der Waals surface area contributed by atoms with E-state index in [0.717, 1.165) is 5.56 Å². The molecule has 0 bridgehead atoms. The van der Waals surface area contributed by atoms with Crippen molar-refractivity contribution < 1.29 is 18.3 Å². The van der Waals surface area contributed by atoms with Crippen LogP contribution in [-0.2, 0) is 14.6 Å². The van der Waals surface area contributed by atoms with E-state index in [9.17, 15) is 18.3 Å². The maximum absolute atomic E-state index is 12.1. The van der Waals surface area contributed by atoms with Crippen LogP contribution in [0.25, 0.3) is 0 Å². The van der Waals surface area contributed by atoms with Gasteiger partial charge in [-0.15, -0.1) is 0 Å². The Morgan fingerprint density at radius 1 is 1.37 bits per heavy atom. The normalized spacial score (nSPS) is 30.0. The molecular weight excluding hydrogens is 266 g/mol. The molecule has 0 aromatic heterocycles. The molecule has 0 saturated heterocycles. The Kier molecular flexibility index (Phi) is 3.40. The van der Waals surface area contributed by atoms with E-state index in [1.165, 1.54) is 6.92 Å². The van der Waals surface area contributed by atoms with Crippen molar-refractivity contribution in [3.8, 4) is 0 Å². The molecule has 1 aromatic carbocycles. The van der Waals surface area contributed by atoms with Crippen molar-refractivity contribution >= 4 is 15.8 Å². The number of rotatable bonds is 5. The first-order valence-electron chi connectivity index (χ1n) is 6.11. The number of carbonyl (C=O) groups is 1. The van der Waals surface area contributed by atoms with Gasteiger partial charge in [0.15, 0.2) is 9.84 Å². The molecule has 1 saturated carbocycles. The van der Waals surface area contributed by atoms with E-state index in [-0.39, 0.29) is 12.3 Å². The van der Waals surface area contributed by atoms with Crippen LogP contribution < -0.4 is 5.73 Å². The minimum absolute atomic E-state index is 0.0734. The maximum atomic E-state index is 12.1. The number of hydrogen-bond acceptors (Lipinski definition) is 4. The van der Waals surface area contributed by atoms with Crippen LogP contribution in [0.15, 0.2) is 30.3 Å². The van der Waals surface area contributed by atoms with E-state index in [1.54, 1.807) is 30.3 Å². The molecule has 6 heteroatoms. The number of nitrogens with two attached hydrogens (primary N) is 1. The molecule has 0 amide bonds. The monoisotopic (exact) mass is 283 g/mol. The van der Waals surface area contributed by atoms with Gasteiger partial charge in [-0.2, -0.15) is 0 Å². The van der Waals surface area contributed by atoms with Crippen molar-refractivity contribution in [2.45, 2.75) is 18.1 Å². The largest absolute Gasteiger partial charge is 0.481 e. The first kappa shape index (κ1) is 14.0. The van der Waals surface area contributed by atoms with Crippen LogP contribution in [0.4, 0.5) is 0 Å². The van der Waals surface area contributed by atoms with Gasteiger partial charge in [0.25, 0.3) is 0 Å². The number of benzene rings is 1. The Labute approximate surface area is 112 Å². The third-order valence-corrected chi connectivity index (χ3v) is 6.21. The summed E-state index contributed by atoms with van der Waals surface area (Å²) in [6, 6.07) is 8.85. The van der Waals surface area contributed by atoms with Gasteiger partial charge in [0, 0.05) is 18.2 Å². The van der Waals surface area contributed by atoms with Crippen LogP contribution >= 0.6 is 0 Å². The van der Waals surface area contributed by atoms with Crippen LogP contribution in [-0.4, -0.2) is 37.0 Å². The van der Waals surface area contributed by atoms with Crippen LogP contribution in [0.1, 0.15) is 18.4 Å². The van der Waals surface area contributed by atoms with Gasteiger partial charge in [0.1, 0.15) is 5.41 Å². The zero-order valence-electron chi connectivity index (χ0n) is 10.6. The van der Waals surface area contributed by atoms with E-state index < -0.39 is 32.4 Å². The summed E-state index contributed by atoms with van der Waals surface area (Å²) >= 11 is 0. The van der Waals surface area contributed by atoms with E-state index in [1.807, 2.05) is 0 Å². The summed E-state index contributed by atoms with van der Waals surface area (Å²) < 4.78 is 24.2. The van der Waals surface area contributed by atoms with Gasteiger partial charge in [-0.3, -0.25) is 4.79 Å². The summed E-state index contributed by atoms with van der Waals surface area (Å²) in [4.78, 5) is 11.5. The summed E-state index contributed by atoms with van der Waals surface area (Å²) in [6.45, 7) is 1.35. The number of hydrogen-bond donors (Lipinski definition) is 2. The zero-order chi connectivity index (χ0) is 14.3. The molecule has 0 heterocycles. The quantitative estimate of drug-likeness (QED) is 0.825. The molecule has 2 rings (SSSR count). The predicted molar refractivity (Wildman–Crippen MR) is 71.6 cm³/mol. The van der Waals surface area contributed by atoms with Crippen LogP contribution in [0.5, 0.6) is 0 Å². The summed E-state index contributed by atoms with van der Waals surface area (Å²) in [5.41, 5.74) is 4.93. The molecule has 0 aliphatic heterocycles. The van der Waals surface area contributed by atoms with Crippen LogP contribution in [0, 0.1) is 5.41 Å². The molecule has 1 aliphatic rings. The second kappa shape index (κ2) is 4.61. The lowest BCUT2D eigenvalue weighted by molar-refractivity contribution is -0.143. The fraction of sp³-hybridized carbons (Fsp3) is 0.462. The lowest BCUT2D eigenvalue weighted by atomic mass is 9.99. The number of carboxylic acid groups (broad SMARTS) is 1. The van der Waals surface area contributed by atoms with Crippen molar-refractivity contribution in [3.05, 3.63) is 35.9 Å². The van der Waals surface area contributed by atoms with Crippen molar-refractivity contribution in [1.82, 2.24) is 0 Å². The van der Waals surface area contributed by atoms with Gasteiger partial charge < -0.3 is 10.8 Å². The zero-order valence-corrected chi connectivity index (χ0v) is 11.4. The number of aliphatic carboxylic acids is 1. The standard InChI is InChI=1S/C13H17NO4S/c1-2-19(17,18)11-10(9-6-4-3-5-7-9)13(11,8-14)12(15)16/h3-7,10-11H,2,8,14H2,1H3,(H,15,16)/t10-,11-,13+/m1/s1. The Hall–Kier alpha value is -1.40. The molecule has 3 atom stereocenters. The minimum Gasteiger partial charge on any atom is -0.481 e. The second-order valence-electron chi connectivity index (χ2n) is 4.81. The summed E-state index contributed by atoms with van der Waals surface area (Å²) in [6.07, 6.45) is 0. The van der Waals surface area contributed by atoms with E-state index in [4.69, 9.17) is 5.73 Å². The first-order chi connectivity index (χ1) is 8.91. The fourth-order valence-corrected chi connectivity index (χ4v) is 4.91. The van der Waals surface area contributed by atoms with Crippen molar-refractivity contribution in [3.63, 3.8) is 0 Å². The van der Waals surface area contributed by atoms with Crippen LogP contribution in [0.3, 0.4) is 0 Å². The Bertz CT molecular complexity index is 584. The third-order valence-electron chi connectivity index (χ3n) is 3.94. The van der Waals surface area contributed by atoms with Crippen LogP contribution in [0.2, 0.25) is 0 Å². The van der Waals surface area contributed by atoms with Gasteiger partial charge in [-0.25, -0.2) is 8.42 Å². The maximum Gasteiger partial charge on any atom is 0.312 e. The highest BCUT2D eigenvalue weighted by atomic mass is 32.2. The lowest BCUT2D eigenvalue weighted by Gasteiger charge is -2.09. The van der Waals surface area contributed by atoms with Crippen molar-refractivity contribution in [2.75, 3.05) is 12.3 Å². The lowest BCUT2D eigenvalue weighted by Crippen LogP contribution is -2.32. The highest BCUT2D eigenvalue weighted by molar-refractivity contribution is 7.92. The van der Waals surface area contributed by atoms with E-state index >= 15 is 0 Å². The molecule has 0 unspecified atom stereocenters. The summed E-state index contributed by atoms with van der Waals surface area (Å²) in [5, 5.41) is 8.50. The SMILES string of the molecule is CCS(=O)(=O)[C@@H]1[C@@H](c2ccccc2)[C@]1(CN)C(=O)O. The van der Waals surface area contributed by atoms with Gasteiger partial charge >= 0.3 is 5.97 Å². The van der Waals surface area contributed by atoms with Crippen molar-refractivity contribution in [2.24, 2.45) is 11.1 Å². The molecule has 1 aromatic rings. The Balaban J connectivity index is 2.51. The molecule has 1 fully saturated rings. The number of sulfone groups is 1. The minimum atomic E-state index is -3.45. The van der Waals surface area contributed by atoms with Gasteiger partial charge in [-0.05, 0) is 5.56 Å². The molecule has 1 aliphatic carbocycles. The highest BCUT2D eigenvalue weighted by Gasteiger charge is 2.74. The summed E-state index contributed by atoms with van der Waals surface area (Å²) in [7, 11) is -3.45. The number of carboxylic acids is 1. The second-order valence-corrected chi connectivity index (χ2v) is 7.22. The smallest absolute Gasteiger partial charge is 0.312 e.